The van der Waals surface area contributed by atoms with Gasteiger partial charge in [0.1, 0.15) is 5.71 Å². The maximum Gasteiger partial charge on any atom is 0.433 e. The van der Waals surface area contributed by atoms with E-state index in [0.29, 0.717) is 0 Å². The summed E-state index contributed by atoms with van der Waals surface area (Å²) in [5.74, 6) is 0. The summed E-state index contributed by atoms with van der Waals surface area (Å²) < 4.78 is 59.2. The smallest absolute Gasteiger partial charge is 0.402 e. The maximum absolute atomic E-state index is 12.0. The minimum Gasteiger partial charge on any atom is -0.402 e. The monoisotopic (exact) mass is 202 g/mol. The number of allylic oxidation sites excluding steroid dienone is 2. The molecular formula is C6H7F5N2. The van der Waals surface area contributed by atoms with Gasteiger partial charge < -0.3 is 5.73 Å². The van der Waals surface area contributed by atoms with Crippen LogP contribution in [0.15, 0.2) is 11.3 Å². The molecule has 0 saturated carbocycles. The molecule has 0 bridgehead atoms. The molecule has 0 rings (SSSR count). The molecule has 0 aliphatic heterocycles. The number of nitrogens with two attached hydrogens (primary N) is 1. The average molecular weight is 202 g/mol. The van der Waals surface area contributed by atoms with E-state index in [4.69, 9.17) is 11.1 Å². The lowest BCUT2D eigenvalue weighted by Crippen LogP contribution is -2.29. The zero-order valence-electron chi connectivity index (χ0n) is 6.54. The number of hydrogen-bond donors (Lipinski definition) is 2. The van der Waals surface area contributed by atoms with Crippen molar-refractivity contribution in [3.05, 3.63) is 11.3 Å². The van der Waals surface area contributed by atoms with E-state index in [1.807, 2.05) is 0 Å². The highest BCUT2D eigenvalue weighted by atomic mass is 19.4. The second kappa shape index (κ2) is 3.71. The summed E-state index contributed by atoms with van der Waals surface area (Å²) in [6.45, 7) is 0.891. The van der Waals surface area contributed by atoms with Crippen molar-refractivity contribution in [3.63, 3.8) is 0 Å². The molecule has 76 valence electrons. The van der Waals surface area contributed by atoms with Gasteiger partial charge in [-0.1, -0.05) is 0 Å². The van der Waals surface area contributed by atoms with Crippen LogP contribution < -0.4 is 5.73 Å². The van der Waals surface area contributed by atoms with E-state index in [2.05, 4.69) is 0 Å². The first-order valence-electron chi connectivity index (χ1n) is 3.08. The molecule has 0 aromatic heterocycles. The summed E-state index contributed by atoms with van der Waals surface area (Å²) in [6.07, 6.45) is -8.48. The van der Waals surface area contributed by atoms with Gasteiger partial charge in [-0.15, -0.1) is 0 Å². The Labute approximate surface area is 70.7 Å². The number of nitrogens with one attached hydrogen (secondary N) is 1. The molecule has 3 N–H and O–H groups in total. The zero-order chi connectivity index (χ0) is 10.8. The number of hydrogen-bond acceptors (Lipinski definition) is 2. The molecule has 13 heavy (non-hydrogen) atoms. The molecule has 0 aliphatic carbocycles. The molecule has 2 nitrogen and oxygen atoms in total. The third-order valence-corrected chi connectivity index (χ3v) is 1.20. The lowest BCUT2D eigenvalue weighted by molar-refractivity contribution is -0.0602. The minimum absolute atomic E-state index is 0.697. The van der Waals surface area contributed by atoms with Crippen LogP contribution in [-0.2, 0) is 0 Å². The number of alkyl halides is 5. The van der Waals surface area contributed by atoms with E-state index in [-0.39, 0.29) is 0 Å². The Morgan fingerprint density at radius 3 is 1.77 bits per heavy atom. The molecule has 0 spiro atoms. The molecular weight excluding hydrogens is 195 g/mol. The largest absolute Gasteiger partial charge is 0.433 e. The molecule has 0 radical (unpaired) electrons. The summed E-state index contributed by atoms with van der Waals surface area (Å²) >= 11 is 0. The standard InChI is InChI=1S/C6H7F5N2/c1-2(12)3(5(7)8)4(13)6(9,10)11/h5,13H,12H2,1H3. The fourth-order valence-electron chi connectivity index (χ4n) is 0.631. The average Bonchev–Trinajstić information content (AvgIpc) is 1.82. The second-order valence-corrected chi connectivity index (χ2v) is 2.27. The Hall–Kier alpha value is -1.14. The van der Waals surface area contributed by atoms with Gasteiger partial charge in [0.25, 0.3) is 6.43 Å². The summed E-state index contributed by atoms with van der Waals surface area (Å²) in [5, 5.41) is 6.42. The van der Waals surface area contributed by atoms with Gasteiger partial charge in [-0.05, 0) is 6.92 Å². The third-order valence-electron chi connectivity index (χ3n) is 1.20. The van der Waals surface area contributed by atoms with E-state index < -0.39 is 29.6 Å². The fourth-order valence-corrected chi connectivity index (χ4v) is 0.631. The summed E-state index contributed by atoms with van der Waals surface area (Å²) in [6, 6.07) is 0. The van der Waals surface area contributed by atoms with Crippen LogP contribution in [0.2, 0.25) is 0 Å². The van der Waals surface area contributed by atoms with Crippen LogP contribution >= 0.6 is 0 Å². The molecule has 0 heterocycles. The Morgan fingerprint density at radius 1 is 1.31 bits per heavy atom. The molecule has 0 atom stereocenters. The van der Waals surface area contributed by atoms with Crippen molar-refractivity contribution >= 4 is 5.71 Å². The first-order valence-corrected chi connectivity index (χ1v) is 3.08. The number of rotatable bonds is 2. The molecule has 0 aliphatic rings. The molecule has 0 amide bonds. The topological polar surface area (TPSA) is 49.9 Å². The Morgan fingerprint density at radius 2 is 1.69 bits per heavy atom. The van der Waals surface area contributed by atoms with Crippen molar-refractivity contribution in [1.29, 1.82) is 5.41 Å². The predicted octanol–water partition coefficient (Wildman–Crippen LogP) is 2.07. The molecule has 7 heteroatoms. The van der Waals surface area contributed by atoms with Crippen molar-refractivity contribution < 1.29 is 22.0 Å². The van der Waals surface area contributed by atoms with E-state index in [9.17, 15) is 22.0 Å². The highest BCUT2D eigenvalue weighted by molar-refractivity contribution is 6.02. The highest BCUT2D eigenvalue weighted by Gasteiger charge is 2.40. The highest BCUT2D eigenvalue weighted by Crippen LogP contribution is 2.25. The quantitative estimate of drug-likeness (QED) is 0.522. The zero-order valence-corrected chi connectivity index (χ0v) is 6.54. The normalized spacial score (nSPS) is 14.4. The van der Waals surface area contributed by atoms with Gasteiger partial charge in [-0.3, -0.25) is 5.41 Å². The van der Waals surface area contributed by atoms with Crippen LogP contribution in [-0.4, -0.2) is 18.3 Å². The maximum atomic E-state index is 12.0. The van der Waals surface area contributed by atoms with Crippen molar-refractivity contribution in [2.45, 2.75) is 19.5 Å². The summed E-state index contributed by atoms with van der Waals surface area (Å²) in [4.78, 5) is 0. The second-order valence-electron chi connectivity index (χ2n) is 2.27. The minimum atomic E-state index is -5.09. The van der Waals surface area contributed by atoms with Crippen LogP contribution in [0.1, 0.15) is 6.92 Å². The Kier molecular flexibility index (Phi) is 3.39. The van der Waals surface area contributed by atoms with Crippen molar-refractivity contribution in [2.75, 3.05) is 0 Å². The van der Waals surface area contributed by atoms with Gasteiger partial charge in [0.15, 0.2) is 0 Å². The number of halogens is 5. The van der Waals surface area contributed by atoms with Crippen LogP contribution in [0, 0.1) is 5.41 Å². The van der Waals surface area contributed by atoms with E-state index in [1.165, 1.54) is 0 Å². The van der Waals surface area contributed by atoms with E-state index in [0.717, 1.165) is 6.92 Å². The third kappa shape index (κ3) is 3.00. The van der Waals surface area contributed by atoms with Gasteiger partial charge >= 0.3 is 6.18 Å². The molecule has 0 fully saturated rings. The lowest BCUT2D eigenvalue weighted by Gasteiger charge is -2.12. The lowest BCUT2D eigenvalue weighted by atomic mass is 10.1. The van der Waals surface area contributed by atoms with E-state index >= 15 is 0 Å². The fraction of sp³-hybridized carbons (Fsp3) is 0.500. The van der Waals surface area contributed by atoms with Gasteiger partial charge in [0, 0.05) is 5.70 Å². The molecule has 0 aromatic rings. The van der Waals surface area contributed by atoms with Crippen molar-refractivity contribution in [1.82, 2.24) is 0 Å². The van der Waals surface area contributed by atoms with Crippen LogP contribution in [0.5, 0.6) is 0 Å². The van der Waals surface area contributed by atoms with Crippen molar-refractivity contribution in [2.24, 2.45) is 5.73 Å². The van der Waals surface area contributed by atoms with Crippen molar-refractivity contribution in [3.8, 4) is 0 Å². The Balaban J connectivity index is 5.04. The molecule has 0 aromatic carbocycles. The first-order chi connectivity index (χ1) is 5.68. The SMILES string of the molecule is CC(N)=C(C(=N)C(F)(F)F)C(F)F. The summed E-state index contributed by atoms with van der Waals surface area (Å²) in [5.41, 5.74) is 0.537. The Bertz CT molecular complexity index is 236. The van der Waals surface area contributed by atoms with E-state index in [1.54, 1.807) is 0 Å². The predicted molar refractivity (Wildman–Crippen MR) is 36.7 cm³/mol. The van der Waals surface area contributed by atoms with Gasteiger partial charge in [0.05, 0.1) is 5.57 Å². The van der Waals surface area contributed by atoms with Crippen LogP contribution in [0.3, 0.4) is 0 Å². The summed E-state index contributed by atoms with van der Waals surface area (Å²) in [7, 11) is 0. The molecule has 0 unspecified atom stereocenters. The van der Waals surface area contributed by atoms with Gasteiger partial charge in [0.2, 0.25) is 0 Å². The van der Waals surface area contributed by atoms with Crippen LogP contribution in [0.4, 0.5) is 22.0 Å². The van der Waals surface area contributed by atoms with Crippen LogP contribution in [0.25, 0.3) is 0 Å². The molecule has 0 saturated heterocycles. The first kappa shape index (κ1) is 11.9. The van der Waals surface area contributed by atoms with Gasteiger partial charge in [-0.2, -0.15) is 13.2 Å². The van der Waals surface area contributed by atoms with Gasteiger partial charge in [-0.25, -0.2) is 8.78 Å².